The van der Waals surface area contributed by atoms with Gasteiger partial charge in [0.2, 0.25) is 0 Å². The van der Waals surface area contributed by atoms with Gasteiger partial charge in [-0.05, 0) is 64.3 Å². The van der Waals surface area contributed by atoms with Crippen LogP contribution in [0, 0.1) is 20.8 Å². The predicted molar refractivity (Wildman–Crippen MR) is 188 cm³/mol. The van der Waals surface area contributed by atoms with Crippen molar-refractivity contribution in [1.82, 2.24) is 24.5 Å². The Morgan fingerprint density at radius 3 is 2.56 bits per heavy atom. The molecule has 0 aliphatic rings. The summed E-state index contributed by atoms with van der Waals surface area (Å²) in [5.74, 6) is 1.26. The average molecular weight is 703 g/mol. The largest absolute Gasteiger partial charge is 0.487 e. The summed E-state index contributed by atoms with van der Waals surface area (Å²) < 4.78 is 40.8. The van der Waals surface area contributed by atoms with Crippen molar-refractivity contribution in [2.45, 2.75) is 85.7 Å². The second-order valence-electron chi connectivity index (χ2n) is 11.7. The third-order valence-corrected chi connectivity index (χ3v) is 8.83. The number of anilines is 1. The Morgan fingerprint density at radius 2 is 1.83 bits per heavy atom. The molecule has 1 amide bonds. The Morgan fingerprint density at radius 1 is 1.04 bits per heavy atom. The Kier molecular flexibility index (Phi) is 14.1. The number of halogens is 1. The normalized spacial score (nSPS) is 13.3. The third-order valence-electron chi connectivity index (χ3n) is 7.65. The van der Waals surface area contributed by atoms with Gasteiger partial charge in [0.1, 0.15) is 17.4 Å². The number of rotatable bonds is 20. The SMILES string of the molecule is CCCCCCC(Oc1ccc(C)cc1C)C(=O)Nc1ccc(OCCOCC)c(OS(=O)NCC(C)c2nc3c(Cl)c(C)[nH]n3n2)c1. The average Bonchev–Trinajstić information content (AvgIpc) is 3.59. The molecule has 0 bridgehead atoms. The number of H-pyrrole nitrogens is 1. The van der Waals surface area contributed by atoms with Crippen molar-refractivity contribution in [2.75, 3.05) is 31.7 Å². The first-order valence-electron chi connectivity index (χ1n) is 16.4. The number of aryl methyl sites for hydroxylation is 3. The Hall–Kier alpha value is -3.65. The van der Waals surface area contributed by atoms with Crippen LogP contribution < -0.4 is 23.7 Å². The lowest BCUT2D eigenvalue weighted by Crippen LogP contribution is -2.33. The number of nitrogens with one attached hydrogen (secondary N) is 3. The number of aromatic amines is 1. The minimum atomic E-state index is -1.96. The second kappa shape index (κ2) is 18.2. The molecule has 14 heteroatoms. The number of hydrogen-bond acceptors (Lipinski definition) is 8. The van der Waals surface area contributed by atoms with Crippen LogP contribution in [0.4, 0.5) is 5.69 Å². The van der Waals surface area contributed by atoms with Crippen molar-refractivity contribution in [1.29, 1.82) is 0 Å². The lowest BCUT2D eigenvalue weighted by atomic mass is 10.1. The van der Waals surface area contributed by atoms with Gasteiger partial charge in [0, 0.05) is 30.8 Å². The third kappa shape index (κ3) is 10.4. The number of amides is 1. The van der Waals surface area contributed by atoms with Gasteiger partial charge in [-0.2, -0.15) is 8.84 Å². The number of nitrogens with zero attached hydrogens (tertiary/aromatic N) is 3. The molecule has 4 aromatic rings. The van der Waals surface area contributed by atoms with Crippen LogP contribution >= 0.6 is 11.6 Å². The molecule has 0 spiro atoms. The second-order valence-corrected chi connectivity index (χ2v) is 13.0. The van der Waals surface area contributed by atoms with E-state index in [1.807, 2.05) is 52.8 Å². The molecule has 3 N–H and O–H groups in total. The van der Waals surface area contributed by atoms with Crippen LogP contribution in [0.25, 0.3) is 5.65 Å². The van der Waals surface area contributed by atoms with Crippen molar-refractivity contribution < 1.29 is 27.4 Å². The fraction of sp³-hybridized carbons (Fsp3) is 0.500. The highest BCUT2D eigenvalue weighted by molar-refractivity contribution is 7.78. The molecule has 4 rings (SSSR count). The first kappa shape index (κ1) is 37.2. The molecule has 3 atom stereocenters. The van der Waals surface area contributed by atoms with Gasteiger partial charge < -0.3 is 23.7 Å². The van der Waals surface area contributed by atoms with E-state index in [2.05, 4.69) is 32.1 Å². The molecule has 0 radical (unpaired) electrons. The van der Waals surface area contributed by atoms with Crippen molar-refractivity contribution in [2.24, 2.45) is 0 Å². The summed E-state index contributed by atoms with van der Waals surface area (Å²) in [6.45, 7) is 13.2. The number of aromatic nitrogens is 4. The van der Waals surface area contributed by atoms with Gasteiger partial charge in [-0.15, -0.1) is 5.10 Å². The molecule has 0 aliphatic heterocycles. The first-order valence-corrected chi connectivity index (χ1v) is 17.9. The predicted octanol–water partition coefficient (Wildman–Crippen LogP) is 6.76. The number of ether oxygens (including phenoxy) is 3. The monoisotopic (exact) mass is 702 g/mol. The molecule has 2 aromatic heterocycles. The zero-order valence-corrected chi connectivity index (χ0v) is 30.1. The Labute approximate surface area is 290 Å². The number of benzene rings is 2. The maximum Gasteiger partial charge on any atom is 0.288 e. The van der Waals surface area contributed by atoms with Crippen LogP contribution in [0.3, 0.4) is 0 Å². The summed E-state index contributed by atoms with van der Waals surface area (Å²) in [6, 6.07) is 10.9. The van der Waals surface area contributed by atoms with Gasteiger partial charge in [0.05, 0.1) is 12.3 Å². The summed E-state index contributed by atoms with van der Waals surface area (Å²) >= 11 is 4.33. The summed E-state index contributed by atoms with van der Waals surface area (Å²) in [6.07, 6.45) is 3.93. The van der Waals surface area contributed by atoms with Gasteiger partial charge in [0.15, 0.2) is 29.1 Å². The van der Waals surface area contributed by atoms with E-state index in [4.69, 9.17) is 30.0 Å². The summed E-state index contributed by atoms with van der Waals surface area (Å²) in [5, 5.41) is 10.9. The van der Waals surface area contributed by atoms with Crippen LogP contribution in [0.15, 0.2) is 36.4 Å². The Bertz CT molecular complexity index is 1680. The molecule has 2 heterocycles. The number of carbonyl (C=O) groups excluding carboxylic acids is 1. The van der Waals surface area contributed by atoms with E-state index >= 15 is 0 Å². The fourth-order valence-electron chi connectivity index (χ4n) is 4.96. The molecule has 3 unspecified atom stereocenters. The zero-order chi connectivity index (χ0) is 34.6. The highest BCUT2D eigenvalue weighted by Gasteiger charge is 2.23. The van der Waals surface area contributed by atoms with Gasteiger partial charge in [-0.1, -0.05) is 62.4 Å². The summed E-state index contributed by atoms with van der Waals surface area (Å²) in [5.41, 5.74) is 3.84. The number of hydrogen-bond donors (Lipinski definition) is 3. The minimum absolute atomic E-state index is 0.188. The standard InChI is InChI=1S/C34H47ClN6O6S/c1-7-9-10-11-12-29(46-27-15-13-22(3)19-23(27)4)34(42)37-26-14-16-28(45-18-17-44-8-2)30(20-26)47-48(43)36-21-24(5)32-38-33-31(35)25(6)39-41(33)40-32/h13-16,19-20,24,29,36,39H,7-12,17-18,21H2,1-6H3,(H,37,42). The molecule has 48 heavy (non-hydrogen) atoms. The van der Waals surface area contributed by atoms with E-state index in [1.165, 1.54) is 4.63 Å². The van der Waals surface area contributed by atoms with Crippen LogP contribution in [0.2, 0.25) is 5.02 Å². The Balaban J connectivity index is 1.45. The molecular formula is C34H47ClN6O6S. The summed E-state index contributed by atoms with van der Waals surface area (Å²) in [7, 11) is 0. The highest BCUT2D eigenvalue weighted by Crippen LogP contribution is 2.32. The van der Waals surface area contributed by atoms with Crippen LogP contribution in [0.1, 0.15) is 81.4 Å². The lowest BCUT2D eigenvalue weighted by Gasteiger charge is -2.21. The molecule has 0 saturated heterocycles. The van der Waals surface area contributed by atoms with Crippen molar-refractivity contribution in [3.63, 3.8) is 0 Å². The van der Waals surface area contributed by atoms with E-state index in [9.17, 15) is 9.00 Å². The van der Waals surface area contributed by atoms with Gasteiger partial charge in [-0.25, -0.2) is 9.71 Å². The quantitative estimate of drug-likeness (QED) is 0.0859. The van der Waals surface area contributed by atoms with E-state index in [0.717, 1.165) is 42.5 Å². The van der Waals surface area contributed by atoms with E-state index in [-0.39, 0.29) is 30.7 Å². The van der Waals surface area contributed by atoms with Crippen LogP contribution in [-0.4, -0.2) is 62.4 Å². The maximum atomic E-state index is 13.6. The van der Waals surface area contributed by atoms with E-state index in [0.29, 0.717) is 53.3 Å². The molecule has 12 nitrogen and oxygen atoms in total. The first-order chi connectivity index (χ1) is 23.1. The number of carbonyl (C=O) groups is 1. The smallest absolute Gasteiger partial charge is 0.288 e. The summed E-state index contributed by atoms with van der Waals surface area (Å²) in [4.78, 5) is 18.1. The van der Waals surface area contributed by atoms with Crippen LogP contribution in [-0.2, 0) is 20.8 Å². The minimum Gasteiger partial charge on any atom is -0.487 e. The van der Waals surface area contributed by atoms with E-state index < -0.39 is 17.4 Å². The topological polar surface area (TPSA) is 141 Å². The van der Waals surface area contributed by atoms with Crippen molar-refractivity contribution >= 4 is 40.1 Å². The number of fused-ring (bicyclic) bond motifs is 1. The molecular weight excluding hydrogens is 656 g/mol. The zero-order valence-electron chi connectivity index (χ0n) is 28.6. The van der Waals surface area contributed by atoms with Crippen LogP contribution in [0.5, 0.6) is 17.2 Å². The lowest BCUT2D eigenvalue weighted by molar-refractivity contribution is -0.123. The molecule has 0 saturated carbocycles. The maximum absolute atomic E-state index is 13.6. The molecule has 0 fully saturated rings. The molecule has 262 valence electrons. The van der Waals surface area contributed by atoms with Gasteiger partial charge in [0.25, 0.3) is 17.2 Å². The van der Waals surface area contributed by atoms with E-state index in [1.54, 1.807) is 18.2 Å². The molecule has 0 aliphatic carbocycles. The number of unbranched alkanes of at least 4 members (excludes halogenated alkanes) is 3. The highest BCUT2D eigenvalue weighted by atomic mass is 35.5. The van der Waals surface area contributed by atoms with Crippen molar-refractivity contribution in [3.05, 3.63) is 64.1 Å². The van der Waals surface area contributed by atoms with Crippen molar-refractivity contribution in [3.8, 4) is 17.2 Å². The molecule has 2 aromatic carbocycles. The fourth-order valence-corrected chi connectivity index (χ4v) is 5.86. The van der Waals surface area contributed by atoms with Gasteiger partial charge >= 0.3 is 0 Å². The van der Waals surface area contributed by atoms with Gasteiger partial charge in [-0.3, -0.25) is 9.89 Å².